The summed E-state index contributed by atoms with van der Waals surface area (Å²) in [5.41, 5.74) is 3.23. The lowest BCUT2D eigenvalue weighted by Gasteiger charge is -2.34. The molecule has 0 saturated carbocycles. The van der Waals surface area contributed by atoms with E-state index < -0.39 is 5.41 Å². The molecular weight excluding hydrogens is 360 g/mol. The van der Waals surface area contributed by atoms with Crippen LogP contribution in [0.4, 0.5) is 0 Å². The van der Waals surface area contributed by atoms with Gasteiger partial charge in [-0.2, -0.15) is 0 Å². The maximum atomic E-state index is 13.7. The fraction of sp³-hybridized carbons (Fsp3) is 0.400. The van der Waals surface area contributed by atoms with Crippen molar-refractivity contribution in [3.05, 3.63) is 71.9 Å². The SMILES string of the molecule is CCOC(=O)C12Cn3c(cc4ccccc43)[C@@H]1N1CCCC1[C@@H]2c1ccccc1. The van der Waals surface area contributed by atoms with Crippen LogP contribution < -0.4 is 0 Å². The van der Waals surface area contributed by atoms with Gasteiger partial charge in [0.05, 0.1) is 12.6 Å². The van der Waals surface area contributed by atoms with Crippen LogP contribution in [-0.2, 0) is 16.1 Å². The first kappa shape index (κ1) is 17.3. The van der Waals surface area contributed by atoms with E-state index in [0.717, 1.165) is 13.0 Å². The Kier molecular flexibility index (Phi) is 3.70. The highest BCUT2D eigenvalue weighted by Gasteiger charge is 2.68. The smallest absolute Gasteiger partial charge is 0.316 e. The number of fused-ring (bicyclic) bond motifs is 7. The Labute approximate surface area is 171 Å². The van der Waals surface area contributed by atoms with Crippen LogP contribution in [0.2, 0.25) is 0 Å². The van der Waals surface area contributed by atoms with Crippen LogP contribution in [-0.4, -0.2) is 34.6 Å². The Morgan fingerprint density at radius 2 is 1.93 bits per heavy atom. The van der Waals surface area contributed by atoms with E-state index in [1.165, 1.54) is 28.6 Å². The minimum Gasteiger partial charge on any atom is -0.465 e. The third-order valence-corrected chi connectivity index (χ3v) is 7.46. The van der Waals surface area contributed by atoms with Gasteiger partial charge >= 0.3 is 5.97 Å². The number of carbonyl (C=O) groups excluding carboxylic acids is 1. The highest BCUT2D eigenvalue weighted by atomic mass is 16.5. The lowest BCUT2D eigenvalue weighted by Crippen LogP contribution is -2.41. The van der Waals surface area contributed by atoms with Gasteiger partial charge in [0.2, 0.25) is 0 Å². The summed E-state index contributed by atoms with van der Waals surface area (Å²) in [6.07, 6.45) is 2.35. The Morgan fingerprint density at radius 1 is 1.14 bits per heavy atom. The molecule has 148 valence electrons. The Hall–Kier alpha value is -2.59. The first-order valence-electron chi connectivity index (χ1n) is 10.8. The number of rotatable bonds is 3. The zero-order chi connectivity index (χ0) is 19.6. The van der Waals surface area contributed by atoms with E-state index >= 15 is 0 Å². The van der Waals surface area contributed by atoms with Crippen LogP contribution in [0.1, 0.15) is 43.0 Å². The van der Waals surface area contributed by atoms with Gasteiger partial charge in [-0.15, -0.1) is 0 Å². The molecule has 4 nitrogen and oxygen atoms in total. The summed E-state index contributed by atoms with van der Waals surface area (Å²) in [7, 11) is 0. The van der Waals surface area contributed by atoms with Gasteiger partial charge in [-0.1, -0.05) is 48.5 Å². The van der Waals surface area contributed by atoms with Crippen molar-refractivity contribution in [2.75, 3.05) is 13.2 Å². The molecule has 0 radical (unpaired) electrons. The lowest BCUT2D eigenvalue weighted by atomic mass is 9.68. The zero-order valence-electron chi connectivity index (χ0n) is 16.8. The molecule has 4 heterocycles. The van der Waals surface area contributed by atoms with E-state index in [1.807, 2.05) is 6.92 Å². The molecule has 2 saturated heterocycles. The number of benzene rings is 2. The third kappa shape index (κ3) is 2.15. The molecule has 4 heteroatoms. The molecule has 3 aliphatic rings. The van der Waals surface area contributed by atoms with Gasteiger partial charge in [0.15, 0.2) is 0 Å². The van der Waals surface area contributed by atoms with E-state index in [9.17, 15) is 4.79 Å². The number of nitrogens with zero attached hydrogens (tertiary/aromatic N) is 2. The number of esters is 1. The van der Waals surface area contributed by atoms with E-state index in [1.54, 1.807) is 0 Å². The molecule has 0 spiro atoms. The highest BCUT2D eigenvalue weighted by molar-refractivity contribution is 5.86. The van der Waals surface area contributed by atoms with Crippen LogP contribution in [0.3, 0.4) is 0 Å². The number of aromatic nitrogens is 1. The fourth-order valence-corrected chi connectivity index (χ4v) is 6.57. The quantitative estimate of drug-likeness (QED) is 0.621. The van der Waals surface area contributed by atoms with Crippen molar-refractivity contribution >= 4 is 16.9 Å². The van der Waals surface area contributed by atoms with Crippen molar-refractivity contribution in [2.45, 2.75) is 44.3 Å². The average molecular weight is 386 g/mol. The molecule has 0 aliphatic carbocycles. The predicted octanol–water partition coefficient (Wildman–Crippen LogP) is 4.51. The Bertz CT molecular complexity index is 1090. The number of hydrogen-bond acceptors (Lipinski definition) is 3. The van der Waals surface area contributed by atoms with Gasteiger partial charge in [0.25, 0.3) is 0 Å². The van der Waals surface area contributed by atoms with Gasteiger partial charge in [-0.05, 0) is 49.4 Å². The highest BCUT2D eigenvalue weighted by Crippen LogP contribution is 2.65. The van der Waals surface area contributed by atoms with Crippen molar-refractivity contribution in [3.63, 3.8) is 0 Å². The normalized spacial score (nSPS) is 30.3. The number of hydrogen-bond donors (Lipinski definition) is 0. The maximum absolute atomic E-state index is 13.7. The first-order valence-corrected chi connectivity index (χ1v) is 10.8. The van der Waals surface area contributed by atoms with Crippen molar-refractivity contribution in [2.24, 2.45) is 5.41 Å². The maximum Gasteiger partial charge on any atom is 0.316 e. The van der Waals surface area contributed by atoms with Crippen LogP contribution >= 0.6 is 0 Å². The predicted molar refractivity (Wildman–Crippen MR) is 113 cm³/mol. The molecular formula is C25H26N2O2. The Morgan fingerprint density at radius 3 is 2.76 bits per heavy atom. The van der Waals surface area contributed by atoms with Gasteiger partial charge in [0, 0.05) is 29.7 Å². The molecule has 3 aromatic rings. The van der Waals surface area contributed by atoms with E-state index in [0.29, 0.717) is 19.2 Å². The van der Waals surface area contributed by atoms with E-state index in [4.69, 9.17) is 4.74 Å². The van der Waals surface area contributed by atoms with E-state index in [2.05, 4.69) is 70.1 Å². The number of para-hydroxylation sites is 1. The van der Waals surface area contributed by atoms with Crippen molar-refractivity contribution in [1.29, 1.82) is 0 Å². The molecule has 2 fully saturated rings. The van der Waals surface area contributed by atoms with Crippen molar-refractivity contribution in [3.8, 4) is 0 Å². The van der Waals surface area contributed by atoms with Crippen LogP contribution in [0.15, 0.2) is 60.7 Å². The molecule has 0 bridgehead atoms. The van der Waals surface area contributed by atoms with Gasteiger partial charge in [-0.25, -0.2) is 0 Å². The summed E-state index contributed by atoms with van der Waals surface area (Å²) in [5, 5.41) is 1.26. The van der Waals surface area contributed by atoms with Gasteiger partial charge < -0.3 is 9.30 Å². The number of carbonyl (C=O) groups is 1. The summed E-state index contributed by atoms with van der Waals surface area (Å²) in [6, 6.07) is 22.0. The summed E-state index contributed by atoms with van der Waals surface area (Å²) < 4.78 is 8.17. The Balaban J connectivity index is 1.60. The topological polar surface area (TPSA) is 34.5 Å². The minimum atomic E-state index is -0.554. The second-order valence-electron chi connectivity index (χ2n) is 8.71. The largest absolute Gasteiger partial charge is 0.465 e. The monoisotopic (exact) mass is 386 g/mol. The average Bonchev–Trinajstić information content (AvgIpc) is 3.45. The molecule has 2 aromatic carbocycles. The lowest BCUT2D eigenvalue weighted by molar-refractivity contribution is -0.158. The molecule has 0 N–H and O–H groups in total. The van der Waals surface area contributed by atoms with Crippen molar-refractivity contribution in [1.82, 2.24) is 9.47 Å². The van der Waals surface area contributed by atoms with Gasteiger partial charge in [0.1, 0.15) is 5.41 Å². The summed E-state index contributed by atoms with van der Waals surface area (Å²) in [6.45, 7) is 4.10. The molecule has 0 amide bonds. The van der Waals surface area contributed by atoms with Crippen LogP contribution in [0.25, 0.3) is 10.9 Å². The zero-order valence-corrected chi connectivity index (χ0v) is 16.8. The van der Waals surface area contributed by atoms with E-state index in [-0.39, 0.29) is 17.9 Å². The number of ether oxygens (including phenoxy) is 1. The standard InChI is InChI=1S/C25H26N2O2/c1-2-29-24(28)25-16-27-19-12-7-6-11-18(19)15-21(27)23(25)26-14-8-13-20(26)22(25)17-9-4-3-5-10-17/h3-7,9-12,15,20,22-23H,2,8,13-14,16H2,1H3/t20?,22-,23-,25?/m0/s1. The van der Waals surface area contributed by atoms with Crippen LogP contribution in [0, 0.1) is 5.41 Å². The molecule has 6 rings (SSSR count). The van der Waals surface area contributed by atoms with Gasteiger partial charge in [-0.3, -0.25) is 9.69 Å². The fourth-order valence-electron chi connectivity index (χ4n) is 6.57. The second kappa shape index (κ2) is 6.20. The first-order chi connectivity index (χ1) is 14.3. The minimum absolute atomic E-state index is 0.0268. The summed E-state index contributed by atoms with van der Waals surface area (Å²) in [5.74, 6) is 0.134. The third-order valence-electron chi connectivity index (χ3n) is 7.46. The molecule has 29 heavy (non-hydrogen) atoms. The second-order valence-corrected chi connectivity index (χ2v) is 8.71. The summed E-state index contributed by atoms with van der Waals surface area (Å²) in [4.78, 5) is 16.3. The van der Waals surface area contributed by atoms with Crippen molar-refractivity contribution < 1.29 is 9.53 Å². The molecule has 4 atom stereocenters. The molecule has 3 aliphatic heterocycles. The summed E-state index contributed by atoms with van der Waals surface area (Å²) >= 11 is 0. The van der Waals surface area contributed by atoms with Crippen LogP contribution in [0.5, 0.6) is 0 Å². The molecule has 1 aromatic heterocycles. The molecule has 2 unspecified atom stereocenters.